The Morgan fingerprint density at radius 2 is 1.58 bits per heavy atom. The van der Waals surface area contributed by atoms with E-state index in [0.29, 0.717) is 5.69 Å². The maximum absolute atomic E-state index is 12.1. The quantitative estimate of drug-likeness (QED) is 0.476. The molecule has 0 fully saturated rings. The van der Waals surface area contributed by atoms with Gasteiger partial charge in [0.25, 0.3) is 11.6 Å². The molecule has 0 saturated carbocycles. The molecular weight excluding hydrogens is 344 g/mol. The minimum absolute atomic E-state index is 0.0239. The van der Waals surface area contributed by atoms with E-state index in [1.165, 1.54) is 43.5 Å². The first-order valence-corrected chi connectivity index (χ1v) is 7.31. The summed E-state index contributed by atoms with van der Waals surface area (Å²) in [5.41, 5.74) is 0.193. The fraction of sp³-hybridized carbons (Fsp3) is 0.118. The smallest absolute Gasteiger partial charge is 0.339 e. The molecule has 0 atom stereocenters. The minimum Gasteiger partial charge on any atom is -0.465 e. The predicted molar refractivity (Wildman–Crippen MR) is 89.8 cm³/mol. The highest BCUT2D eigenvalue weighted by molar-refractivity contribution is 6.04. The molecule has 0 heterocycles. The Hall–Kier alpha value is -3.75. The van der Waals surface area contributed by atoms with Gasteiger partial charge < -0.3 is 14.8 Å². The van der Waals surface area contributed by atoms with Crippen LogP contribution in [0.3, 0.4) is 0 Å². The number of ether oxygens (including phenoxy) is 2. The molecule has 9 heteroatoms. The third-order valence-corrected chi connectivity index (χ3v) is 3.25. The van der Waals surface area contributed by atoms with Gasteiger partial charge in [-0.25, -0.2) is 9.59 Å². The summed E-state index contributed by atoms with van der Waals surface area (Å²) in [6.07, 6.45) is 0. The number of methoxy groups -OCH3 is 1. The van der Waals surface area contributed by atoms with Gasteiger partial charge in [-0.05, 0) is 24.3 Å². The third kappa shape index (κ3) is 4.63. The van der Waals surface area contributed by atoms with Crippen molar-refractivity contribution >= 4 is 29.2 Å². The zero-order valence-electron chi connectivity index (χ0n) is 13.6. The summed E-state index contributed by atoms with van der Waals surface area (Å²) in [7, 11) is 1.18. The maximum Gasteiger partial charge on any atom is 0.339 e. The lowest BCUT2D eigenvalue weighted by molar-refractivity contribution is -0.384. The van der Waals surface area contributed by atoms with Crippen LogP contribution in [0.4, 0.5) is 11.4 Å². The fourth-order valence-electron chi connectivity index (χ4n) is 2.02. The fourth-order valence-corrected chi connectivity index (χ4v) is 2.02. The van der Waals surface area contributed by atoms with Gasteiger partial charge in [0, 0.05) is 17.8 Å². The van der Waals surface area contributed by atoms with Gasteiger partial charge in [0.1, 0.15) is 0 Å². The SMILES string of the molecule is COC(=O)c1ccccc1C(=O)OCC(=O)Nc1ccc([N+](=O)[O-])cc1. The normalized spacial score (nSPS) is 9.88. The molecule has 1 N–H and O–H groups in total. The summed E-state index contributed by atoms with van der Waals surface area (Å²) in [6.45, 7) is -0.592. The molecule has 26 heavy (non-hydrogen) atoms. The lowest BCUT2D eigenvalue weighted by Crippen LogP contribution is -2.22. The van der Waals surface area contributed by atoms with Gasteiger partial charge in [-0.15, -0.1) is 0 Å². The second-order valence-electron chi connectivity index (χ2n) is 4.97. The molecule has 9 nitrogen and oxygen atoms in total. The topological polar surface area (TPSA) is 125 Å². The average Bonchev–Trinajstić information content (AvgIpc) is 2.65. The number of non-ortho nitro benzene ring substituents is 1. The summed E-state index contributed by atoms with van der Waals surface area (Å²) >= 11 is 0. The second-order valence-corrected chi connectivity index (χ2v) is 4.97. The van der Waals surface area contributed by atoms with Crippen LogP contribution < -0.4 is 5.32 Å². The van der Waals surface area contributed by atoms with Crippen molar-refractivity contribution in [1.29, 1.82) is 0 Å². The lowest BCUT2D eigenvalue weighted by atomic mass is 10.1. The number of esters is 2. The Morgan fingerprint density at radius 3 is 2.12 bits per heavy atom. The first-order valence-electron chi connectivity index (χ1n) is 7.31. The average molecular weight is 358 g/mol. The molecule has 1 amide bonds. The van der Waals surface area contributed by atoms with Crippen LogP contribution >= 0.6 is 0 Å². The Morgan fingerprint density at radius 1 is 1.00 bits per heavy atom. The van der Waals surface area contributed by atoms with Crippen LogP contribution in [0, 0.1) is 10.1 Å². The van der Waals surface area contributed by atoms with Crippen LogP contribution in [0.2, 0.25) is 0 Å². The zero-order valence-corrected chi connectivity index (χ0v) is 13.6. The van der Waals surface area contributed by atoms with Crippen molar-refractivity contribution < 1.29 is 28.8 Å². The van der Waals surface area contributed by atoms with Gasteiger partial charge in [-0.2, -0.15) is 0 Å². The number of nitrogens with zero attached hydrogens (tertiary/aromatic N) is 1. The van der Waals surface area contributed by atoms with E-state index in [1.807, 2.05) is 0 Å². The van der Waals surface area contributed by atoms with Gasteiger partial charge in [0.15, 0.2) is 6.61 Å². The first-order chi connectivity index (χ1) is 12.4. The number of amides is 1. The van der Waals surface area contributed by atoms with Gasteiger partial charge in [-0.1, -0.05) is 12.1 Å². The van der Waals surface area contributed by atoms with Crippen molar-refractivity contribution in [2.45, 2.75) is 0 Å². The Labute approximate surface area is 147 Å². The molecule has 0 bridgehead atoms. The summed E-state index contributed by atoms with van der Waals surface area (Å²) < 4.78 is 9.48. The van der Waals surface area contributed by atoms with Crippen LogP contribution in [0.25, 0.3) is 0 Å². The Bertz CT molecular complexity index is 846. The molecule has 0 saturated heterocycles. The number of anilines is 1. The molecule has 134 valence electrons. The summed E-state index contributed by atoms with van der Waals surface area (Å²) in [5.74, 6) is -2.19. The largest absolute Gasteiger partial charge is 0.465 e. The van der Waals surface area contributed by atoms with Crippen LogP contribution in [0.5, 0.6) is 0 Å². The lowest BCUT2D eigenvalue weighted by Gasteiger charge is -2.09. The van der Waals surface area contributed by atoms with E-state index in [-0.39, 0.29) is 16.8 Å². The predicted octanol–water partition coefficient (Wildman–Crippen LogP) is 2.18. The van der Waals surface area contributed by atoms with Crippen LogP contribution in [0.15, 0.2) is 48.5 Å². The minimum atomic E-state index is -0.857. The van der Waals surface area contributed by atoms with Crippen LogP contribution in [-0.4, -0.2) is 36.5 Å². The van der Waals surface area contributed by atoms with Gasteiger partial charge in [0.2, 0.25) is 0 Å². The van der Waals surface area contributed by atoms with Crippen molar-refractivity contribution in [2.75, 3.05) is 19.0 Å². The number of hydrogen-bond acceptors (Lipinski definition) is 7. The van der Waals surface area contributed by atoms with E-state index in [4.69, 9.17) is 4.74 Å². The van der Waals surface area contributed by atoms with Crippen LogP contribution in [-0.2, 0) is 14.3 Å². The number of nitro groups is 1. The van der Waals surface area contributed by atoms with Gasteiger partial charge in [0.05, 0.1) is 23.2 Å². The van der Waals surface area contributed by atoms with Crippen molar-refractivity contribution in [3.05, 3.63) is 69.8 Å². The number of nitro benzene ring substituents is 1. The van der Waals surface area contributed by atoms with Gasteiger partial charge in [-0.3, -0.25) is 14.9 Å². The summed E-state index contributed by atoms with van der Waals surface area (Å²) in [6, 6.07) is 11.0. The molecule has 2 rings (SSSR count). The number of benzene rings is 2. The van der Waals surface area contributed by atoms with E-state index in [2.05, 4.69) is 10.1 Å². The first kappa shape index (κ1) is 18.6. The standard InChI is InChI=1S/C17H14N2O7/c1-25-16(21)13-4-2-3-5-14(13)17(22)26-10-15(20)18-11-6-8-12(9-7-11)19(23)24/h2-9H,10H2,1H3,(H,18,20). The van der Waals surface area contributed by atoms with E-state index >= 15 is 0 Å². The molecule has 2 aromatic carbocycles. The molecule has 0 radical (unpaired) electrons. The summed E-state index contributed by atoms with van der Waals surface area (Å²) in [4.78, 5) is 45.6. The number of rotatable bonds is 6. The van der Waals surface area contributed by atoms with Crippen LogP contribution in [0.1, 0.15) is 20.7 Å². The number of hydrogen-bond donors (Lipinski definition) is 1. The molecule has 0 aliphatic rings. The van der Waals surface area contributed by atoms with Crippen molar-refractivity contribution in [1.82, 2.24) is 0 Å². The monoisotopic (exact) mass is 358 g/mol. The highest BCUT2D eigenvalue weighted by Crippen LogP contribution is 2.15. The van der Waals surface area contributed by atoms with E-state index in [1.54, 1.807) is 12.1 Å². The Kier molecular flexibility index (Phi) is 5.99. The molecule has 0 aliphatic heterocycles. The molecule has 0 aromatic heterocycles. The maximum atomic E-state index is 12.1. The van der Waals surface area contributed by atoms with Crippen molar-refractivity contribution in [3.63, 3.8) is 0 Å². The van der Waals surface area contributed by atoms with Crippen molar-refractivity contribution in [2.24, 2.45) is 0 Å². The number of carbonyl (C=O) groups is 3. The molecule has 0 spiro atoms. The molecule has 0 aliphatic carbocycles. The van der Waals surface area contributed by atoms with E-state index in [0.717, 1.165) is 0 Å². The van der Waals surface area contributed by atoms with Crippen molar-refractivity contribution in [3.8, 4) is 0 Å². The van der Waals surface area contributed by atoms with Gasteiger partial charge >= 0.3 is 11.9 Å². The van der Waals surface area contributed by atoms with E-state index in [9.17, 15) is 24.5 Å². The third-order valence-electron chi connectivity index (χ3n) is 3.25. The second kappa shape index (κ2) is 8.38. The number of nitrogens with one attached hydrogen (secondary N) is 1. The summed E-state index contributed by atoms with van der Waals surface area (Å²) in [5, 5.41) is 13.0. The zero-order chi connectivity index (χ0) is 19.1. The highest BCUT2D eigenvalue weighted by Gasteiger charge is 2.19. The molecular formula is C17H14N2O7. The molecule has 2 aromatic rings. The molecule has 0 unspecified atom stereocenters. The Balaban J connectivity index is 1.96. The highest BCUT2D eigenvalue weighted by atomic mass is 16.6. The number of carbonyl (C=O) groups excluding carboxylic acids is 3. The van der Waals surface area contributed by atoms with E-state index < -0.39 is 29.4 Å².